The second-order valence-corrected chi connectivity index (χ2v) is 7.23. The predicted molar refractivity (Wildman–Crippen MR) is 76.5 cm³/mol. The van der Waals surface area contributed by atoms with E-state index in [-0.39, 0.29) is 40.8 Å². The normalized spacial score (nSPS) is 36.5. The van der Waals surface area contributed by atoms with Gasteiger partial charge < -0.3 is 15.4 Å². The molecular formula is C16H22N2NaO2+. The van der Waals surface area contributed by atoms with Gasteiger partial charge in [0.05, 0.1) is 0 Å². The van der Waals surface area contributed by atoms with E-state index in [1.54, 1.807) is 12.3 Å². The van der Waals surface area contributed by atoms with Crippen LogP contribution in [-0.4, -0.2) is 15.6 Å². The largest absolute Gasteiger partial charge is 1.00 e. The molecule has 4 bridgehead atoms. The number of rotatable bonds is 3. The Morgan fingerprint density at radius 2 is 1.76 bits per heavy atom. The van der Waals surface area contributed by atoms with Crippen LogP contribution in [-0.2, 0) is 6.54 Å². The zero-order chi connectivity index (χ0) is 13.7. The van der Waals surface area contributed by atoms with Crippen LogP contribution in [0, 0.1) is 17.8 Å². The molecule has 21 heavy (non-hydrogen) atoms. The van der Waals surface area contributed by atoms with Crippen LogP contribution in [0.1, 0.15) is 44.1 Å². The van der Waals surface area contributed by atoms with Crippen molar-refractivity contribution in [2.45, 2.75) is 50.6 Å². The molecule has 1 heterocycles. The minimum atomic E-state index is -0.394. The van der Waals surface area contributed by atoms with Crippen molar-refractivity contribution in [3.8, 4) is 5.75 Å². The van der Waals surface area contributed by atoms with Gasteiger partial charge in [-0.2, -0.15) is 0 Å². The summed E-state index contributed by atoms with van der Waals surface area (Å²) < 4.78 is 0. The first-order valence-corrected chi connectivity index (χ1v) is 7.78. The second kappa shape index (κ2) is 5.73. The summed E-state index contributed by atoms with van der Waals surface area (Å²) >= 11 is 0. The van der Waals surface area contributed by atoms with Crippen LogP contribution in [0.15, 0.2) is 17.1 Å². The van der Waals surface area contributed by atoms with Crippen molar-refractivity contribution in [1.29, 1.82) is 0 Å². The van der Waals surface area contributed by atoms with E-state index in [0.29, 0.717) is 12.1 Å². The van der Waals surface area contributed by atoms with Crippen molar-refractivity contribution in [2.24, 2.45) is 17.8 Å². The van der Waals surface area contributed by atoms with Gasteiger partial charge >= 0.3 is 29.6 Å². The van der Waals surface area contributed by atoms with Crippen LogP contribution in [0.3, 0.4) is 0 Å². The molecule has 0 aromatic carbocycles. The van der Waals surface area contributed by atoms with E-state index in [9.17, 15) is 9.90 Å². The smallest absolute Gasteiger partial charge is 0.503 e. The van der Waals surface area contributed by atoms with Gasteiger partial charge in [-0.15, -0.1) is 0 Å². The summed E-state index contributed by atoms with van der Waals surface area (Å²) in [4.78, 5) is 13.9. The van der Waals surface area contributed by atoms with Crippen molar-refractivity contribution >= 4 is 0 Å². The third-order valence-corrected chi connectivity index (χ3v) is 5.71. The van der Waals surface area contributed by atoms with Gasteiger partial charge in [0.2, 0.25) is 0 Å². The molecule has 1 aromatic rings. The van der Waals surface area contributed by atoms with E-state index >= 15 is 0 Å². The monoisotopic (exact) mass is 297 g/mol. The molecule has 3 N–H and O–H groups in total. The number of hydrogen-bond donors (Lipinski definition) is 3. The molecule has 0 amide bonds. The third-order valence-electron chi connectivity index (χ3n) is 5.71. The van der Waals surface area contributed by atoms with Gasteiger partial charge in [0.15, 0.2) is 5.75 Å². The Bertz CT molecular complexity index is 549. The van der Waals surface area contributed by atoms with Crippen LogP contribution < -0.4 is 40.4 Å². The Morgan fingerprint density at radius 3 is 2.33 bits per heavy atom. The number of aromatic nitrogens is 1. The van der Waals surface area contributed by atoms with Gasteiger partial charge in [-0.25, -0.2) is 0 Å². The topological polar surface area (TPSA) is 65.1 Å². The minimum absolute atomic E-state index is 0. The van der Waals surface area contributed by atoms with E-state index in [1.807, 2.05) is 0 Å². The Hall–Kier alpha value is -0.290. The molecule has 5 heteroatoms. The van der Waals surface area contributed by atoms with Crippen molar-refractivity contribution in [3.63, 3.8) is 0 Å². The molecule has 0 saturated heterocycles. The van der Waals surface area contributed by atoms with Gasteiger partial charge in [-0.05, 0) is 62.3 Å². The molecule has 0 spiro atoms. The number of pyridine rings is 1. The molecule has 4 aliphatic rings. The summed E-state index contributed by atoms with van der Waals surface area (Å²) in [7, 11) is 0. The minimum Gasteiger partial charge on any atom is -0.503 e. The fraction of sp³-hybridized carbons (Fsp3) is 0.688. The van der Waals surface area contributed by atoms with Crippen molar-refractivity contribution in [3.05, 3.63) is 28.2 Å². The predicted octanol–water partition coefficient (Wildman–Crippen LogP) is -0.857. The number of aromatic amines is 1. The maximum absolute atomic E-state index is 11.4. The quantitative estimate of drug-likeness (QED) is 0.636. The van der Waals surface area contributed by atoms with Crippen LogP contribution in [0.5, 0.6) is 5.75 Å². The van der Waals surface area contributed by atoms with Gasteiger partial charge in [-0.1, -0.05) is 0 Å². The van der Waals surface area contributed by atoms with Crippen LogP contribution in [0.2, 0.25) is 0 Å². The number of nitrogens with one attached hydrogen (secondary N) is 2. The van der Waals surface area contributed by atoms with Gasteiger partial charge in [0.25, 0.3) is 5.56 Å². The fourth-order valence-corrected chi connectivity index (χ4v) is 5.26. The molecule has 4 nitrogen and oxygen atoms in total. The van der Waals surface area contributed by atoms with Crippen LogP contribution in [0.25, 0.3) is 0 Å². The average molecular weight is 297 g/mol. The molecule has 0 radical (unpaired) electrons. The Kier molecular flexibility index (Phi) is 4.25. The molecule has 4 saturated carbocycles. The van der Waals surface area contributed by atoms with E-state index < -0.39 is 5.56 Å². The zero-order valence-electron chi connectivity index (χ0n) is 12.7. The molecule has 4 aliphatic carbocycles. The molecule has 0 atom stereocenters. The molecule has 1 aromatic heterocycles. The average Bonchev–Trinajstić information content (AvgIpc) is 2.39. The van der Waals surface area contributed by atoms with Crippen molar-refractivity contribution in [2.75, 3.05) is 0 Å². The van der Waals surface area contributed by atoms with Crippen LogP contribution >= 0.6 is 0 Å². The first-order valence-electron chi connectivity index (χ1n) is 7.78. The van der Waals surface area contributed by atoms with E-state index in [1.165, 1.54) is 38.5 Å². The molecule has 0 aliphatic heterocycles. The van der Waals surface area contributed by atoms with Crippen molar-refractivity contribution in [1.82, 2.24) is 10.3 Å². The summed E-state index contributed by atoms with van der Waals surface area (Å²) in [6.45, 7) is 0.599. The molecule has 0 unspecified atom stereocenters. The summed E-state index contributed by atoms with van der Waals surface area (Å²) in [6, 6.07) is 1.80. The zero-order valence-corrected chi connectivity index (χ0v) is 14.7. The van der Waals surface area contributed by atoms with E-state index in [2.05, 4.69) is 10.3 Å². The summed E-state index contributed by atoms with van der Waals surface area (Å²) in [5.74, 6) is 2.58. The molecule has 4 fully saturated rings. The van der Waals surface area contributed by atoms with Gasteiger partial charge in [0, 0.05) is 23.8 Å². The van der Waals surface area contributed by atoms with Crippen LogP contribution in [0.4, 0.5) is 0 Å². The first kappa shape index (κ1) is 15.6. The number of H-pyrrole nitrogens is 1. The summed E-state index contributed by atoms with van der Waals surface area (Å²) in [5.41, 5.74) is 0.586. The SMILES string of the molecule is O=c1[nH]ccc(CNC23CC4CC(CC(C4)C2)C3)c1O.[Na+]. The van der Waals surface area contributed by atoms with E-state index in [0.717, 1.165) is 17.8 Å². The maximum Gasteiger partial charge on any atom is 1.00 e. The standard InChI is InChI=1S/C16H22N2O2.Na/c19-14-13(1-2-17-15(14)20)9-18-16-6-10-3-11(7-16)5-12(4-10)8-16;/h1-2,10-12,18-19H,3-9H2,(H,17,20);/q;+1. The number of aromatic hydroxyl groups is 1. The van der Waals surface area contributed by atoms with Gasteiger partial charge in [0.1, 0.15) is 0 Å². The second-order valence-electron chi connectivity index (χ2n) is 7.23. The van der Waals surface area contributed by atoms with Crippen molar-refractivity contribution < 1.29 is 34.7 Å². The molecule has 5 rings (SSSR count). The van der Waals surface area contributed by atoms with E-state index in [4.69, 9.17) is 0 Å². The first-order chi connectivity index (χ1) is 9.63. The summed E-state index contributed by atoms with van der Waals surface area (Å²) in [6.07, 6.45) is 9.74. The number of hydrogen-bond acceptors (Lipinski definition) is 3. The van der Waals surface area contributed by atoms with Gasteiger partial charge in [-0.3, -0.25) is 4.79 Å². The fourth-order valence-electron chi connectivity index (χ4n) is 5.26. The summed E-state index contributed by atoms with van der Waals surface area (Å²) in [5, 5.41) is 13.5. The molecule has 108 valence electrons. The Morgan fingerprint density at radius 1 is 1.19 bits per heavy atom. The Labute approximate surface area is 147 Å². The third kappa shape index (κ3) is 2.83. The molecular weight excluding hydrogens is 275 g/mol. The maximum atomic E-state index is 11.4. The Balaban J connectivity index is 0.00000132.